The molecular formula is C32H42N4O7S. The van der Waals surface area contributed by atoms with E-state index >= 15 is 0 Å². The van der Waals surface area contributed by atoms with Crippen LogP contribution in [-0.4, -0.2) is 71.6 Å². The summed E-state index contributed by atoms with van der Waals surface area (Å²) < 4.78 is 5.65. The first-order valence-corrected chi connectivity index (χ1v) is 15.9. The molecule has 0 unspecified atom stereocenters. The van der Waals surface area contributed by atoms with Gasteiger partial charge in [0.2, 0.25) is 16.9 Å². The summed E-state index contributed by atoms with van der Waals surface area (Å²) in [4.78, 5) is 62.0. The van der Waals surface area contributed by atoms with E-state index in [0.29, 0.717) is 25.8 Å². The number of fused-ring (bicyclic) bond motifs is 3. The highest BCUT2D eigenvalue weighted by molar-refractivity contribution is 8.13. The van der Waals surface area contributed by atoms with Crippen LogP contribution >= 0.6 is 11.8 Å². The molecule has 6 N–H and O–H groups in total. The molecule has 0 bridgehead atoms. The predicted molar refractivity (Wildman–Crippen MR) is 169 cm³/mol. The second kappa shape index (κ2) is 17.4. The van der Waals surface area contributed by atoms with Crippen molar-refractivity contribution in [1.82, 2.24) is 16.0 Å². The van der Waals surface area contributed by atoms with Crippen molar-refractivity contribution in [2.75, 3.05) is 25.4 Å². The summed E-state index contributed by atoms with van der Waals surface area (Å²) in [5.74, 6) is -2.09. The predicted octanol–water partition coefficient (Wildman–Crippen LogP) is 3.40. The first-order chi connectivity index (χ1) is 21.1. The zero-order valence-corrected chi connectivity index (χ0v) is 26.0. The first-order valence-electron chi connectivity index (χ1n) is 14.9. The maximum absolute atomic E-state index is 13.4. The van der Waals surface area contributed by atoms with E-state index in [4.69, 9.17) is 15.6 Å². The number of aliphatic carboxylic acids is 1. The third kappa shape index (κ3) is 10.4. The van der Waals surface area contributed by atoms with Crippen LogP contribution in [0.3, 0.4) is 0 Å². The monoisotopic (exact) mass is 626 g/mol. The molecule has 2 aromatic rings. The Kier molecular flexibility index (Phi) is 13.7. The second-order valence-electron chi connectivity index (χ2n) is 11.1. The van der Waals surface area contributed by atoms with Crippen molar-refractivity contribution in [3.63, 3.8) is 0 Å². The van der Waals surface area contributed by atoms with Gasteiger partial charge in [-0.1, -0.05) is 74.1 Å². The summed E-state index contributed by atoms with van der Waals surface area (Å²) in [6.07, 6.45) is 0.888. The number of carboxylic acid groups (broad SMARTS) is 1. The van der Waals surface area contributed by atoms with E-state index in [1.165, 1.54) is 0 Å². The molecule has 1 aliphatic rings. The second-order valence-corrected chi connectivity index (χ2v) is 12.2. The van der Waals surface area contributed by atoms with E-state index in [2.05, 4.69) is 16.0 Å². The molecule has 0 saturated heterocycles. The van der Waals surface area contributed by atoms with Crippen LogP contribution in [0.4, 0.5) is 4.79 Å². The number of benzene rings is 2. The van der Waals surface area contributed by atoms with Gasteiger partial charge in [0, 0.05) is 11.7 Å². The standard InChI is InChI=1S/C32H42N4O7S/c1-20(2)17-27(31(41)35-26(13-7-8-15-33)30(40)34-18-29(39)44-16-14-28(37)38)36-32(42)43-19-25-23-11-5-3-9-21(23)22-10-4-6-12-24(22)25/h3-6,9-12,20,25-27H,7-8,13-19,33H2,1-2H3,(H,34,40)(H,35,41)(H,36,42)(H,37,38)/t26-,27-/m0/s1. The Balaban J connectivity index is 1.61. The number of carbonyl (C=O) groups is 5. The lowest BCUT2D eigenvalue weighted by Crippen LogP contribution is -2.54. The van der Waals surface area contributed by atoms with E-state index in [0.717, 1.165) is 34.0 Å². The van der Waals surface area contributed by atoms with Gasteiger partial charge in [-0.05, 0) is 60.4 Å². The fourth-order valence-electron chi connectivity index (χ4n) is 5.10. The number of ether oxygens (including phenoxy) is 1. The van der Waals surface area contributed by atoms with E-state index in [9.17, 15) is 24.0 Å². The van der Waals surface area contributed by atoms with Gasteiger partial charge in [0.1, 0.15) is 18.7 Å². The molecule has 12 heteroatoms. The Hall–Kier alpha value is -3.90. The van der Waals surface area contributed by atoms with Gasteiger partial charge >= 0.3 is 12.1 Å². The first kappa shape index (κ1) is 34.6. The van der Waals surface area contributed by atoms with Gasteiger partial charge in [-0.25, -0.2) is 4.79 Å². The lowest BCUT2D eigenvalue weighted by molar-refractivity contribution is -0.136. The van der Waals surface area contributed by atoms with Crippen LogP contribution in [0.2, 0.25) is 0 Å². The van der Waals surface area contributed by atoms with Crippen LogP contribution in [0.5, 0.6) is 0 Å². The van der Waals surface area contributed by atoms with Crippen molar-refractivity contribution in [1.29, 1.82) is 0 Å². The van der Waals surface area contributed by atoms with Crippen LogP contribution in [-0.2, 0) is 23.9 Å². The Morgan fingerprint density at radius 1 is 0.909 bits per heavy atom. The molecule has 2 atom stereocenters. The largest absolute Gasteiger partial charge is 0.481 e. The van der Waals surface area contributed by atoms with Gasteiger partial charge in [-0.3, -0.25) is 19.2 Å². The normalized spacial score (nSPS) is 13.4. The molecule has 0 radical (unpaired) electrons. The maximum atomic E-state index is 13.4. The van der Waals surface area contributed by atoms with Crippen molar-refractivity contribution in [2.45, 2.75) is 64.0 Å². The average molecular weight is 627 g/mol. The minimum absolute atomic E-state index is 0.0459. The molecular weight excluding hydrogens is 584 g/mol. The Morgan fingerprint density at radius 2 is 1.55 bits per heavy atom. The van der Waals surface area contributed by atoms with Gasteiger partial charge in [-0.15, -0.1) is 0 Å². The van der Waals surface area contributed by atoms with Crippen molar-refractivity contribution >= 4 is 40.8 Å². The lowest BCUT2D eigenvalue weighted by Gasteiger charge is -2.24. The van der Waals surface area contributed by atoms with Crippen LogP contribution in [0.25, 0.3) is 11.1 Å². The van der Waals surface area contributed by atoms with E-state index in [1.54, 1.807) is 0 Å². The van der Waals surface area contributed by atoms with Crippen molar-refractivity contribution in [2.24, 2.45) is 11.7 Å². The number of hydrogen-bond acceptors (Lipinski definition) is 8. The number of thioether (sulfide) groups is 1. The third-order valence-electron chi connectivity index (χ3n) is 7.23. The van der Waals surface area contributed by atoms with Gasteiger partial charge in [0.15, 0.2) is 0 Å². The van der Waals surface area contributed by atoms with Crippen LogP contribution < -0.4 is 21.7 Å². The van der Waals surface area contributed by atoms with E-state index < -0.39 is 36.0 Å². The number of hydrogen-bond donors (Lipinski definition) is 5. The summed E-state index contributed by atoms with van der Waals surface area (Å²) in [5.41, 5.74) is 9.96. The molecule has 2 aromatic carbocycles. The fourth-order valence-corrected chi connectivity index (χ4v) is 5.78. The average Bonchev–Trinajstić information content (AvgIpc) is 3.31. The Bertz CT molecular complexity index is 1270. The summed E-state index contributed by atoms with van der Waals surface area (Å²) in [6, 6.07) is 14.1. The molecule has 0 saturated carbocycles. The molecule has 3 amide bonds. The number of nitrogens with one attached hydrogen (secondary N) is 3. The van der Waals surface area contributed by atoms with Gasteiger partial charge in [0.25, 0.3) is 0 Å². The highest BCUT2D eigenvalue weighted by atomic mass is 32.2. The molecule has 1 aliphatic carbocycles. The number of nitrogens with two attached hydrogens (primary N) is 1. The summed E-state index contributed by atoms with van der Waals surface area (Å²) in [5, 5.41) is 16.3. The van der Waals surface area contributed by atoms with Gasteiger partial charge < -0.3 is 31.5 Å². The third-order valence-corrected chi connectivity index (χ3v) is 8.10. The zero-order chi connectivity index (χ0) is 32.1. The van der Waals surface area contributed by atoms with Gasteiger partial charge in [0.05, 0.1) is 13.0 Å². The van der Waals surface area contributed by atoms with E-state index in [1.807, 2.05) is 62.4 Å². The fraction of sp³-hybridized carbons (Fsp3) is 0.469. The minimum Gasteiger partial charge on any atom is -0.481 e. The molecule has 11 nitrogen and oxygen atoms in total. The van der Waals surface area contributed by atoms with Crippen molar-refractivity contribution in [3.05, 3.63) is 59.7 Å². The Labute approximate surface area is 262 Å². The summed E-state index contributed by atoms with van der Waals surface area (Å²) in [6.45, 7) is 4.04. The van der Waals surface area contributed by atoms with Crippen LogP contribution in [0, 0.1) is 5.92 Å². The lowest BCUT2D eigenvalue weighted by atomic mass is 9.98. The molecule has 0 aliphatic heterocycles. The van der Waals surface area contributed by atoms with E-state index in [-0.39, 0.29) is 48.7 Å². The molecule has 44 heavy (non-hydrogen) atoms. The summed E-state index contributed by atoms with van der Waals surface area (Å²) >= 11 is 0.819. The van der Waals surface area contributed by atoms with Crippen LogP contribution in [0.1, 0.15) is 63.0 Å². The highest BCUT2D eigenvalue weighted by Crippen LogP contribution is 2.44. The topological polar surface area (TPSA) is 177 Å². The molecule has 0 spiro atoms. The number of amides is 3. The summed E-state index contributed by atoms with van der Waals surface area (Å²) in [7, 11) is 0. The zero-order valence-electron chi connectivity index (χ0n) is 25.2. The molecule has 3 rings (SSSR count). The molecule has 0 fully saturated rings. The number of rotatable bonds is 17. The van der Waals surface area contributed by atoms with Crippen molar-refractivity contribution < 1.29 is 33.8 Å². The van der Waals surface area contributed by atoms with Crippen LogP contribution in [0.15, 0.2) is 48.5 Å². The quantitative estimate of drug-likeness (QED) is 0.165. The number of carbonyl (C=O) groups excluding carboxylic acids is 4. The SMILES string of the molecule is CC(C)C[C@H](NC(=O)OCC1c2ccccc2-c2ccccc21)C(=O)N[C@@H](CCCCN)C(=O)NCC(=O)SCCC(=O)O. The number of unbranched alkanes of at least 4 members (excludes halogenated alkanes) is 1. The molecule has 238 valence electrons. The number of alkyl carbamates (subject to hydrolysis) is 1. The molecule has 0 heterocycles. The van der Waals surface area contributed by atoms with Gasteiger partial charge in [-0.2, -0.15) is 0 Å². The number of carboxylic acids is 1. The minimum atomic E-state index is -1.01. The maximum Gasteiger partial charge on any atom is 0.407 e. The Morgan fingerprint density at radius 3 is 2.14 bits per heavy atom. The highest BCUT2D eigenvalue weighted by Gasteiger charge is 2.31. The molecule has 0 aromatic heterocycles. The van der Waals surface area contributed by atoms with Crippen molar-refractivity contribution in [3.8, 4) is 11.1 Å². The smallest absolute Gasteiger partial charge is 0.407 e.